The van der Waals surface area contributed by atoms with Crippen LogP contribution in [0.4, 0.5) is 4.39 Å². The highest BCUT2D eigenvalue weighted by Gasteiger charge is 2.15. The van der Waals surface area contributed by atoms with E-state index in [9.17, 15) is 4.39 Å². The van der Waals surface area contributed by atoms with Crippen molar-refractivity contribution >= 4 is 27.0 Å². The molecule has 0 unspecified atom stereocenters. The van der Waals surface area contributed by atoms with Gasteiger partial charge >= 0.3 is 0 Å². The zero-order valence-electron chi connectivity index (χ0n) is 13.9. The second-order valence-electron chi connectivity index (χ2n) is 6.00. The molecule has 2 aromatic carbocycles. The maximum Gasteiger partial charge on any atom is 0.233 e. The van der Waals surface area contributed by atoms with E-state index in [0.29, 0.717) is 18.0 Å². The minimum Gasteiger partial charge on any atom is -1.00 e. The molecule has 0 saturated heterocycles. The maximum absolute atomic E-state index is 13.9. The number of aryl methyl sites for hydroxylation is 1. The van der Waals surface area contributed by atoms with E-state index >= 15 is 0 Å². The first kappa shape index (κ1) is 18.7. The van der Waals surface area contributed by atoms with Gasteiger partial charge in [0.15, 0.2) is 24.5 Å². The van der Waals surface area contributed by atoms with E-state index in [1.54, 1.807) is 12.1 Å². The largest absolute Gasteiger partial charge is 1.00 e. The molecule has 0 amide bonds. The molecular weight excluding hydrogens is 463 g/mol. The van der Waals surface area contributed by atoms with E-state index in [2.05, 4.69) is 20.9 Å². The molecule has 0 spiro atoms. The number of hydrogen-bond acceptors (Lipinski definition) is 2. The van der Waals surface area contributed by atoms with Gasteiger partial charge in [-0.2, -0.15) is 4.57 Å². The lowest BCUT2D eigenvalue weighted by molar-refractivity contribution is -0.688. The Bertz CT molecular complexity index is 1080. The molecule has 2 aromatic heterocycles. The van der Waals surface area contributed by atoms with Crippen LogP contribution in [0, 0.1) is 12.7 Å². The summed E-state index contributed by atoms with van der Waals surface area (Å²) in [5, 5.41) is 0. The highest BCUT2D eigenvalue weighted by Crippen LogP contribution is 2.25. The standard InChI is InChI=1S/C20H15BrFN2O.BrH/c1-13-6-7-19-18(8-13)23-20(25-19)15-9-16(21)12-24(11-15)10-14-4-2-3-5-17(14)22;/h2-9,11-12H,10H2,1H3;1H/q+1;/p-1. The summed E-state index contributed by atoms with van der Waals surface area (Å²) < 4.78 is 22.6. The van der Waals surface area contributed by atoms with Crippen LogP contribution in [-0.4, -0.2) is 4.98 Å². The van der Waals surface area contributed by atoms with Crippen molar-refractivity contribution in [3.05, 3.63) is 82.3 Å². The normalized spacial score (nSPS) is 10.7. The molecule has 0 fully saturated rings. The van der Waals surface area contributed by atoms with Crippen LogP contribution < -0.4 is 21.5 Å². The Morgan fingerprint density at radius 1 is 1.12 bits per heavy atom. The zero-order chi connectivity index (χ0) is 17.4. The maximum atomic E-state index is 13.9. The average Bonchev–Trinajstić information content (AvgIpc) is 3.00. The first-order valence-electron chi connectivity index (χ1n) is 7.89. The Labute approximate surface area is 169 Å². The Balaban J connectivity index is 0.00000196. The Hall–Kier alpha value is -2.05. The van der Waals surface area contributed by atoms with Gasteiger partial charge in [0.1, 0.15) is 16.9 Å². The van der Waals surface area contributed by atoms with Crippen LogP contribution in [0.25, 0.3) is 22.6 Å². The lowest BCUT2D eigenvalue weighted by atomic mass is 10.2. The first-order chi connectivity index (χ1) is 12.1. The third-order valence-electron chi connectivity index (χ3n) is 3.99. The zero-order valence-corrected chi connectivity index (χ0v) is 17.1. The second-order valence-corrected chi connectivity index (χ2v) is 6.91. The summed E-state index contributed by atoms with van der Waals surface area (Å²) in [6.07, 6.45) is 3.82. The minimum atomic E-state index is -0.214. The first-order valence-corrected chi connectivity index (χ1v) is 8.68. The highest BCUT2D eigenvalue weighted by molar-refractivity contribution is 9.10. The fraction of sp³-hybridized carbons (Fsp3) is 0.100. The van der Waals surface area contributed by atoms with Crippen molar-refractivity contribution in [3.63, 3.8) is 0 Å². The SMILES string of the molecule is Cc1ccc2oc(-c3cc(Br)c[n+](Cc4ccccc4F)c3)nc2c1.[Br-]. The Morgan fingerprint density at radius 2 is 1.92 bits per heavy atom. The predicted molar refractivity (Wildman–Crippen MR) is 97.6 cm³/mol. The summed E-state index contributed by atoms with van der Waals surface area (Å²) in [5.41, 5.74) is 4.18. The van der Waals surface area contributed by atoms with Gasteiger partial charge in [0.05, 0.1) is 10.0 Å². The minimum absolute atomic E-state index is 0. The molecule has 0 bridgehead atoms. The van der Waals surface area contributed by atoms with E-state index in [1.807, 2.05) is 54.2 Å². The molecule has 0 aliphatic carbocycles. The smallest absolute Gasteiger partial charge is 0.233 e. The molecule has 4 aromatic rings. The van der Waals surface area contributed by atoms with Crippen LogP contribution in [0.15, 0.2) is 69.8 Å². The number of aromatic nitrogens is 2. The van der Waals surface area contributed by atoms with Crippen LogP contribution in [0.5, 0.6) is 0 Å². The van der Waals surface area contributed by atoms with Crippen LogP contribution in [-0.2, 0) is 6.54 Å². The van der Waals surface area contributed by atoms with Crippen LogP contribution >= 0.6 is 15.9 Å². The summed E-state index contributed by atoms with van der Waals surface area (Å²) in [7, 11) is 0. The van der Waals surface area contributed by atoms with Crippen LogP contribution in [0.2, 0.25) is 0 Å². The number of halogens is 3. The second kappa shape index (κ2) is 7.68. The lowest BCUT2D eigenvalue weighted by Gasteiger charge is -2.02. The van der Waals surface area contributed by atoms with Gasteiger partial charge in [0.25, 0.3) is 0 Å². The van der Waals surface area contributed by atoms with Gasteiger partial charge in [-0.3, -0.25) is 0 Å². The fourth-order valence-electron chi connectivity index (χ4n) is 2.79. The molecule has 0 aliphatic rings. The molecule has 132 valence electrons. The molecule has 0 atom stereocenters. The van der Waals surface area contributed by atoms with Gasteiger partial charge < -0.3 is 21.4 Å². The molecular formula is C20H15Br2FN2O. The Morgan fingerprint density at radius 3 is 2.73 bits per heavy atom. The van der Waals surface area contributed by atoms with Crippen molar-refractivity contribution in [2.45, 2.75) is 13.5 Å². The van der Waals surface area contributed by atoms with Crippen molar-refractivity contribution in [2.75, 3.05) is 0 Å². The number of fused-ring (bicyclic) bond motifs is 1. The van der Waals surface area contributed by atoms with E-state index in [4.69, 9.17) is 4.42 Å². The fourth-order valence-corrected chi connectivity index (χ4v) is 3.30. The van der Waals surface area contributed by atoms with Gasteiger partial charge in [-0.1, -0.05) is 18.2 Å². The summed E-state index contributed by atoms with van der Waals surface area (Å²) in [6, 6.07) is 14.6. The average molecular weight is 478 g/mol. The molecule has 0 N–H and O–H groups in total. The molecule has 6 heteroatoms. The van der Waals surface area contributed by atoms with Gasteiger partial charge in [-0.05, 0) is 58.7 Å². The van der Waals surface area contributed by atoms with Crippen LogP contribution in [0.3, 0.4) is 0 Å². The van der Waals surface area contributed by atoms with Crippen molar-refractivity contribution in [1.82, 2.24) is 4.98 Å². The number of nitrogens with zero attached hydrogens (tertiary/aromatic N) is 2. The van der Waals surface area contributed by atoms with E-state index < -0.39 is 0 Å². The molecule has 0 aliphatic heterocycles. The molecule has 2 heterocycles. The predicted octanol–water partition coefficient (Wildman–Crippen LogP) is 2.04. The molecule has 0 radical (unpaired) electrons. The summed E-state index contributed by atoms with van der Waals surface area (Å²) in [5.74, 6) is 0.332. The number of pyridine rings is 1. The monoisotopic (exact) mass is 476 g/mol. The van der Waals surface area contributed by atoms with E-state index in [0.717, 1.165) is 26.7 Å². The van der Waals surface area contributed by atoms with Crippen molar-refractivity contribution in [1.29, 1.82) is 0 Å². The number of oxazole rings is 1. The highest BCUT2D eigenvalue weighted by atomic mass is 79.9. The lowest BCUT2D eigenvalue weighted by Crippen LogP contribution is -3.00. The molecule has 3 nitrogen and oxygen atoms in total. The quantitative estimate of drug-likeness (QED) is 0.423. The summed E-state index contributed by atoms with van der Waals surface area (Å²) in [4.78, 5) is 4.58. The van der Waals surface area contributed by atoms with Gasteiger partial charge in [-0.25, -0.2) is 9.37 Å². The van der Waals surface area contributed by atoms with Crippen molar-refractivity contribution in [3.8, 4) is 11.5 Å². The molecule has 0 saturated carbocycles. The van der Waals surface area contributed by atoms with Gasteiger partial charge in [-0.15, -0.1) is 0 Å². The third-order valence-corrected chi connectivity index (χ3v) is 4.42. The topological polar surface area (TPSA) is 29.9 Å². The number of benzene rings is 2. The third kappa shape index (κ3) is 3.86. The van der Waals surface area contributed by atoms with E-state index in [-0.39, 0.29) is 22.8 Å². The summed E-state index contributed by atoms with van der Waals surface area (Å²) in [6.45, 7) is 2.45. The number of rotatable bonds is 3. The number of hydrogen-bond donors (Lipinski definition) is 0. The summed E-state index contributed by atoms with van der Waals surface area (Å²) >= 11 is 3.51. The van der Waals surface area contributed by atoms with Gasteiger partial charge in [0.2, 0.25) is 5.89 Å². The molecule has 4 rings (SSSR count). The Kier molecular flexibility index (Phi) is 5.53. The van der Waals surface area contributed by atoms with E-state index in [1.165, 1.54) is 6.07 Å². The van der Waals surface area contributed by atoms with Crippen molar-refractivity contribution < 1.29 is 30.4 Å². The van der Waals surface area contributed by atoms with Gasteiger partial charge in [0, 0.05) is 0 Å². The van der Waals surface area contributed by atoms with Crippen LogP contribution in [0.1, 0.15) is 11.1 Å². The molecule has 26 heavy (non-hydrogen) atoms. The van der Waals surface area contributed by atoms with Crippen molar-refractivity contribution in [2.24, 2.45) is 0 Å².